The summed E-state index contributed by atoms with van der Waals surface area (Å²) < 4.78 is 13.1. The fraction of sp³-hybridized carbons (Fsp3) is 0.231. The first-order valence-electron chi connectivity index (χ1n) is 5.48. The molecule has 1 heterocycles. The van der Waals surface area contributed by atoms with Crippen molar-refractivity contribution in [3.05, 3.63) is 40.7 Å². The molecule has 0 saturated heterocycles. The van der Waals surface area contributed by atoms with Gasteiger partial charge in [0, 0.05) is 23.3 Å². The van der Waals surface area contributed by atoms with E-state index in [-0.39, 0.29) is 11.6 Å². The lowest BCUT2D eigenvalue weighted by Crippen LogP contribution is -2.11. The smallest absolute Gasteiger partial charge is 0.138 e. The molecule has 86 valence electrons. The van der Waals surface area contributed by atoms with Crippen molar-refractivity contribution in [3.8, 4) is 10.6 Å². The molecule has 0 N–H and O–H groups in total. The first-order valence-corrected chi connectivity index (χ1v) is 6.30. The van der Waals surface area contributed by atoms with Gasteiger partial charge in [-0.05, 0) is 18.6 Å². The minimum atomic E-state index is -0.258. The van der Waals surface area contributed by atoms with Crippen LogP contribution in [0.15, 0.2) is 24.3 Å². The lowest BCUT2D eigenvalue weighted by molar-refractivity contribution is -0.118. The Hall–Kier alpha value is -1.55. The number of carbonyl (C=O) groups excluding carboxylic acids is 1. The number of aromatic nitrogens is 1. The number of Topliss-reactive ketones (excluding diaryl/α,β-unsaturated/α-hetero) is 1. The van der Waals surface area contributed by atoms with Crippen LogP contribution in [0.25, 0.3) is 10.6 Å². The number of rotatable bonds is 1. The minimum absolute atomic E-state index is 0.258. The number of aryl methyl sites for hydroxylation is 1. The van der Waals surface area contributed by atoms with E-state index in [0.29, 0.717) is 12.8 Å². The summed E-state index contributed by atoms with van der Waals surface area (Å²) in [5.41, 5.74) is 1.80. The van der Waals surface area contributed by atoms with Gasteiger partial charge in [0.2, 0.25) is 0 Å². The summed E-state index contributed by atoms with van der Waals surface area (Å²) in [5.74, 6) is 0.0127. The summed E-state index contributed by atoms with van der Waals surface area (Å²) in [6, 6.07) is 6.41. The van der Waals surface area contributed by atoms with Gasteiger partial charge in [-0.2, -0.15) is 0 Å². The fourth-order valence-corrected chi connectivity index (χ4v) is 3.12. The first kappa shape index (κ1) is 10.6. The lowest BCUT2D eigenvalue weighted by Gasteiger charge is -2.06. The molecular weight excluding hydrogens is 237 g/mol. The molecule has 1 aromatic heterocycles. The molecule has 0 fully saturated rings. The molecule has 1 aliphatic carbocycles. The topological polar surface area (TPSA) is 30.0 Å². The van der Waals surface area contributed by atoms with Gasteiger partial charge >= 0.3 is 0 Å². The molecule has 1 aliphatic rings. The van der Waals surface area contributed by atoms with Gasteiger partial charge in [0.15, 0.2) is 0 Å². The fourth-order valence-electron chi connectivity index (χ4n) is 1.99. The molecule has 0 radical (unpaired) electrons. The van der Waals surface area contributed by atoms with Gasteiger partial charge in [-0.1, -0.05) is 12.1 Å². The second kappa shape index (κ2) is 4.04. The van der Waals surface area contributed by atoms with Crippen LogP contribution in [0, 0.1) is 5.82 Å². The van der Waals surface area contributed by atoms with E-state index in [2.05, 4.69) is 4.98 Å². The van der Waals surface area contributed by atoms with E-state index < -0.39 is 0 Å². The number of fused-ring (bicyclic) bond motifs is 1. The number of halogens is 1. The molecule has 17 heavy (non-hydrogen) atoms. The van der Waals surface area contributed by atoms with Gasteiger partial charge in [-0.25, -0.2) is 9.37 Å². The molecule has 0 bridgehead atoms. The largest absolute Gasteiger partial charge is 0.299 e. The first-order chi connectivity index (χ1) is 8.22. The van der Waals surface area contributed by atoms with Crippen LogP contribution < -0.4 is 0 Å². The van der Waals surface area contributed by atoms with Gasteiger partial charge in [-0.15, -0.1) is 11.3 Å². The van der Waals surface area contributed by atoms with Gasteiger partial charge in [-0.3, -0.25) is 4.79 Å². The molecule has 0 amide bonds. The van der Waals surface area contributed by atoms with Gasteiger partial charge in [0.05, 0.1) is 5.69 Å². The zero-order valence-electron chi connectivity index (χ0n) is 9.07. The van der Waals surface area contributed by atoms with Crippen molar-refractivity contribution in [1.29, 1.82) is 0 Å². The van der Waals surface area contributed by atoms with Crippen LogP contribution in [0.2, 0.25) is 0 Å². The molecule has 0 atom stereocenters. The molecule has 0 aliphatic heterocycles. The number of hydrogen-bond acceptors (Lipinski definition) is 3. The van der Waals surface area contributed by atoms with Crippen molar-refractivity contribution in [3.63, 3.8) is 0 Å². The normalized spacial score (nSPS) is 14.8. The standard InChI is InChI=1S/C13H10FNOS/c14-9-3-1-2-8(6-9)13-15-11-5-4-10(16)7-12(11)17-13/h1-3,6H,4-5,7H2. The number of carbonyl (C=O) groups is 1. The van der Waals surface area contributed by atoms with Crippen molar-refractivity contribution in [2.45, 2.75) is 19.3 Å². The average molecular weight is 247 g/mol. The average Bonchev–Trinajstić information content (AvgIpc) is 2.72. The third-order valence-corrected chi connectivity index (χ3v) is 3.99. The molecule has 3 rings (SSSR count). The Morgan fingerprint density at radius 1 is 1.29 bits per heavy atom. The maximum absolute atomic E-state index is 13.1. The van der Waals surface area contributed by atoms with Crippen molar-refractivity contribution < 1.29 is 9.18 Å². The Morgan fingerprint density at radius 3 is 3.00 bits per heavy atom. The molecule has 0 spiro atoms. The van der Waals surface area contributed by atoms with E-state index >= 15 is 0 Å². The summed E-state index contributed by atoms with van der Waals surface area (Å²) in [4.78, 5) is 16.9. The Kier molecular flexibility index (Phi) is 2.52. The summed E-state index contributed by atoms with van der Waals surface area (Å²) in [6.45, 7) is 0. The Balaban J connectivity index is 2.02. The second-order valence-electron chi connectivity index (χ2n) is 4.11. The highest BCUT2D eigenvalue weighted by atomic mass is 32.1. The Morgan fingerprint density at radius 2 is 2.18 bits per heavy atom. The predicted molar refractivity (Wildman–Crippen MR) is 64.5 cm³/mol. The second-order valence-corrected chi connectivity index (χ2v) is 5.20. The van der Waals surface area contributed by atoms with Crippen molar-refractivity contribution in [2.24, 2.45) is 0 Å². The van der Waals surface area contributed by atoms with Gasteiger partial charge in [0.1, 0.15) is 16.6 Å². The van der Waals surface area contributed by atoms with Crippen LogP contribution in [-0.4, -0.2) is 10.8 Å². The molecule has 0 unspecified atom stereocenters. The number of hydrogen-bond donors (Lipinski definition) is 0. The van der Waals surface area contributed by atoms with Crippen molar-refractivity contribution >= 4 is 17.1 Å². The molecule has 2 nitrogen and oxygen atoms in total. The molecule has 4 heteroatoms. The quantitative estimate of drug-likeness (QED) is 0.775. The van der Waals surface area contributed by atoms with Crippen LogP contribution in [-0.2, 0) is 17.6 Å². The minimum Gasteiger partial charge on any atom is -0.299 e. The Labute approximate surface area is 102 Å². The highest BCUT2D eigenvalue weighted by Crippen LogP contribution is 2.31. The van der Waals surface area contributed by atoms with E-state index in [1.807, 2.05) is 6.07 Å². The predicted octanol–water partition coefficient (Wildman–Crippen LogP) is 3.01. The molecule has 0 saturated carbocycles. The van der Waals surface area contributed by atoms with Crippen LogP contribution in [0.4, 0.5) is 4.39 Å². The van der Waals surface area contributed by atoms with E-state index in [1.165, 1.54) is 23.5 Å². The van der Waals surface area contributed by atoms with Crippen LogP contribution in [0.1, 0.15) is 17.0 Å². The van der Waals surface area contributed by atoms with Gasteiger partial charge < -0.3 is 0 Å². The summed E-state index contributed by atoms with van der Waals surface area (Å²) in [7, 11) is 0. The molecule has 2 aromatic rings. The van der Waals surface area contributed by atoms with Crippen LogP contribution in [0.5, 0.6) is 0 Å². The molecular formula is C13H10FNOS. The summed E-state index contributed by atoms with van der Waals surface area (Å²) >= 11 is 1.50. The van der Waals surface area contributed by atoms with E-state index in [4.69, 9.17) is 0 Å². The lowest BCUT2D eigenvalue weighted by atomic mass is 10.0. The number of ketones is 1. The molecule has 1 aromatic carbocycles. The zero-order valence-corrected chi connectivity index (χ0v) is 9.89. The highest BCUT2D eigenvalue weighted by Gasteiger charge is 2.20. The van der Waals surface area contributed by atoms with E-state index in [1.54, 1.807) is 6.07 Å². The maximum atomic E-state index is 13.1. The number of benzene rings is 1. The van der Waals surface area contributed by atoms with Crippen molar-refractivity contribution in [1.82, 2.24) is 4.98 Å². The van der Waals surface area contributed by atoms with Crippen LogP contribution >= 0.6 is 11.3 Å². The zero-order chi connectivity index (χ0) is 11.8. The van der Waals surface area contributed by atoms with Crippen LogP contribution in [0.3, 0.4) is 0 Å². The van der Waals surface area contributed by atoms with E-state index in [0.717, 1.165) is 27.6 Å². The highest BCUT2D eigenvalue weighted by molar-refractivity contribution is 7.15. The number of thiazole rings is 1. The Bertz CT molecular complexity index is 591. The third kappa shape index (κ3) is 2.00. The monoisotopic (exact) mass is 247 g/mol. The number of nitrogens with zero attached hydrogens (tertiary/aromatic N) is 1. The SMILES string of the molecule is O=C1CCc2nc(-c3cccc(F)c3)sc2C1. The summed E-state index contributed by atoms with van der Waals surface area (Å²) in [6.07, 6.45) is 1.79. The third-order valence-electron chi connectivity index (χ3n) is 2.85. The van der Waals surface area contributed by atoms with E-state index in [9.17, 15) is 9.18 Å². The summed E-state index contributed by atoms with van der Waals surface area (Å²) in [5, 5.41) is 0.809. The van der Waals surface area contributed by atoms with Gasteiger partial charge in [0.25, 0.3) is 0 Å². The van der Waals surface area contributed by atoms with Crippen molar-refractivity contribution in [2.75, 3.05) is 0 Å². The maximum Gasteiger partial charge on any atom is 0.138 e.